The number of aromatic nitrogens is 1. The number of nitrogens with zero attached hydrogens (tertiary/aromatic N) is 2. The molecule has 0 N–H and O–H groups in total. The van der Waals surface area contributed by atoms with Crippen molar-refractivity contribution in [2.45, 2.75) is 11.9 Å². The van der Waals surface area contributed by atoms with Gasteiger partial charge in [0.15, 0.2) is 5.03 Å². The maximum Gasteiger partial charge on any atom is 0.309 e. The molecule has 0 fully saturated rings. The van der Waals surface area contributed by atoms with Gasteiger partial charge in [-0.1, -0.05) is 67.2 Å². The first-order valence-corrected chi connectivity index (χ1v) is 7.96. The molecule has 1 aromatic heterocycles. The van der Waals surface area contributed by atoms with Crippen molar-refractivity contribution < 1.29 is 4.92 Å². The topological polar surface area (TPSA) is 56.0 Å². The Bertz CT molecular complexity index is 835. The predicted octanol–water partition coefficient (Wildman–Crippen LogP) is 4.92. The van der Waals surface area contributed by atoms with Crippen LogP contribution in [-0.2, 0) is 0 Å². The van der Waals surface area contributed by atoms with Gasteiger partial charge in [-0.15, -0.1) is 0 Å². The van der Waals surface area contributed by atoms with E-state index in [-0.39, 0.29) is 10.6 Å². The quantitative estimate of drug-likeness (QED) is 0.390. The highest BCUT2D eigenvalue weighted by atomic mass is 32.2. The SMILES string of the molecule is CCSc1nc2ccccc2c(-c2ccccc2)c1[N+](=O)[O-]. The van der Waals surface area contributed by atoms with Crippen LogP contribution in [-0.4, -0.2) is 15.7 Å². The molecular weight excluding hydrogens is 296 g/mol. The smallest absolute Gasteiger partial charge is 0.258 e. The lowest BCUT2D eigenvalue weighted by atomic mass is 10.00. The molecule has 0 spiro atoms. The second kappa shape index (κ2) is 6.15. The highest BCUT2D eigenvalue weighted by molar-refractivity contribution is 7.99. The largest absolute Gasteiger partial charge is 0.309 e. The van der Waals surface area contributed by atoms with E-state index in [0.29, 0.717) is 10.6 Å². The molecule has 0 aliphatic heterocycles. The van der Waals surface area contributed by atoms with Crippen LogP contribution in [0.1, 0.15) is 6.92 Å². The number of nitro groups is 1. The number of hydrogen-bond acceptors (Lipinski definition) is 4. The Balaban J connectivity index is 2.44. The Morgan fingerprint density at radius 1 is 1.09 bits per heavy atom. The second-order valence-electron chi connectivity index (χ2n) is 4.71. The number of thioether (sulfide) groups is 1. The molecule has 0 bridgehead atoms. The van der Waals surface area contributed by atoms with E-state index in [1.807, 2.05) is 61.5 Å². The number of para-hydroxylation sites is 1. The second-order valence-corrected chi connectivity index (χ2v) is 5.97. The van der Waals surface area contributed by atoms with E-state index < -0.39 is 0 Å². The highest BCUT2D eigenvalue weighted by Crippen LogP contribution is 2.41. The molecule has 2 aromatic carbocycles. The molecule has 0 saturated heterocycles. The number of hydrogen-bond donors (Lipinski definition) is 0. The average Bonchev–Trinajstić information content (AvgIpc) is 2.54. The fourth-order valence-corrected chi connectivity index (χ4v) is 3.23. The normalized spacial score (nSPS) is 10.8. The maximum absolute atomic E-state index is 11.7. The van der Waals surface area contributed by atoms with Crippen LogP contribution >= 0.6 is 11.8 Å². The summed E-state index contributed by atoms with van der Waals surface area (Å²) in [6.45, 7) is 1.97. The van der Waals surface area contributed by atoms with E-state index in [0.717, 1.165) is 22.2 Å². The van der Waals surface area contributed by atoms with E-state index in [2.05, 4.69) is 4.98 Å². The van der Waals surface area contributed by atoms with Crippen LogP contribution < -0.4 is 0 Å². The van der Waals surface area contributed by atoms with Crippen LogP contribution in [0, 0.1) is 10.1 Å². The minimum absolute atomic E-state index is 0.0942. The summed E-state index contributed by atoms with van der Waals surface area (Å²) in [6, 6.07) is 17.0. The summed E-state index contributed by atoms with van der Waals surface area (Å²) in [5.41, 5.74) is 2.36. The molecule has 4 nitrogen and oxygen atoms in total. The first kappa shape index (κ1) is 14.5. The van der Waals surface area contributed by atoms with Gasteiger partial charge in [0.2, 0.25) is 0 Å². The average molecular weight is 310 g/mol. The Labute approximate surface area is 132 Å². The van der Waals surface area contributed by atoms with Crippen LogP contribution in [0.15, 0.2) is 59.6 Å². The van der Waals surface area contributed by atoms with Gasteiger partial charge in [-0.2, -0.15) is 0 Å². The third kappa shape index (κ3) is 2.55. The summed E-state index contributed by atoms with van der Waals surface area (Å²) in [5.74, 6) is 0.737. The van der Waals surface area contributed by atoms with Gasteiger partial charge in [-0.3, -0.25) is 10.1 Å². The minimum atomic E-state index is -0.320. The standard InChI is InChI=1S/C17H14N2O2S/c1-2-22-17-16(19(20)21)15(12-8-4-3-5-9-12)13-10-6-7-11-14(13)18-17/h3-11H,2H2,1H3. The summed E-state index contributed by atoms with van der Waals surface area (Å²) >= 11 is 1.40. The van der Waals surface area contributed by atoms with Crippen LogP contribution in [0.3, 0.4) is 0 Å². The Morgan fingerprint density at radius 3 is 2.45 bits per heavy atom. The molecular formula is C17H14N2O2S. The van der Waals surface area contributed by atoms with Gasteiger partial charge in [0.25, 0.3) is 0 Å². The van der Waals surface area contributed by atoms with Gasteiger partial charge in [0.05, 0.1) is 16.0 Å². The lowest BCUT2D eigenvalue weighted by Gasteiger charge is -2.11. The van der Waals surface area contributed by atoms with Crippen molar-refractivity contribution in [2.75, 3.05) is 5.75 Å². The molecule has 1 heterocycles. The van der Waals surface area contributed by atoms with E-state index in [1.54, 1.807) is 0 Å². The number of fused-ring (bicyclic) bond motifs is 1. The van der Waals surface area contributed by atoms with Crippen LogP contribution in [0.25, 0.3) is 22.0 Å². The fraction of sp³-hybridized carbons (Fsp3) is 0.118. The van der Waals surface area contributed by atoms with E-state index in [4.69, 9.17) is 0 Å². The van der Waals surface area contributed by atoms with E-state index in [1.165, 1.54) is 11.8 Å². The number of benzene rings is 2. The number of pyridine rings is 1. The zero-order chi connectivity index (χ0) is 15.5. The summed E-state index contributed by atoms with van der Waals surface area (Å²) in [5, 5.41) is 13.0. The van der Waals surface area contributed by atoms with E-state index >= 15 is 0 Å². The van der Waals surface area contributed by atoms with Gasteiger partial charge in [-0.05, 0) is 17.4 Å². The molecule has 3 rings (SSSR count). The molecule has 110 valence electrons. The summed E-state index contributed by atoms with van der Waals surface area (Å²) in [7, 11) is 0. The van der Waals surface area contributed by atoms with Crippen molar-refractivity contribution in [3.8, 4) is 11.1 Å². The highest BCUT2D eigenvalue weighted by Gasteiger charge is 2.25. The van der Waals surface area contributed by atoms with Crippen molar-refractivity contribution in [1.82, 2.24) is 4.98 Å². The van der Waals surface area contributed by atoms with Gasteiger partial charge in [0.1, 0.15) is 0 Å². The summed E-state index contributed by atoms with van der Waals surface area (Å²) in [6.07, 6.45) is 0. The molecule has 0 aliphatic carbocycles. The summed E-state index contributed by atoms with van der Waals surface area (Å²) < 4.78 is 0. The van der Waals surface area contributed by atoms with Crippen molar-refractivity contribution in [1.29, 1.82) is 0 Å². The van der Waals surface area contributed by atoms with Crippen LogP contribution in [0.2, 0.25) is 0 Å². The third-order valence-electron chi connectivity index (χ3n) is 3.36. The van der Waals surface area contributed by atoms with Gasteiger partial charge in [-0.25, -0.2) is 4.98 Å². The molecule has 0 unspecified atom stereocenters. The molecule has 0 atom stereocenters. The van der Waals surface area contributed by atoms with Crippen molar-refractivity contribution in [3.05, 3.63) is 64.7 Å². The third-order valence-corrected chi connectivity index (χ3v) is 4.21. The van der Waals surface area contributed by atoms with Gasteiger partial charge >= 0.3 is 5.69 Å². The van der Waals surface area contributed by atoms with Crippen molar-refractivity contribution in [2.24, 2.45) is 0 Å². The van der Waals surface area contributed by atoms with Gasteiger partial charge < -0.3 is 0 Å². The lowest BCUT2D eigenvalue weighted by molar-refractivity contribution is -0.387. The van der Waals surface area contributed by atoms with E-state index in [9.17, 15) is 10.1 Å². The monoisotopic (exact) mass is 310 g/mol. The van der Waals surface area contributed by atoms with Crippen molar-refractivity contribution in [3.63, 3.8) is 0 Å². The van der Waals surface area contributed by atoms with Crippen molar-refractivity contribution >= 4 is 28.4 Å². The maximum atomic E-state index is 11.7. The molecule has 3 aromatic rings. The zero-order valence-corrected chi connectivity index (χ0v) is 12.8. The van der Waals surface area contributed by atoms with Crippen LogP contribution in [0.5, 0.6) is 0 Å². The molecule has 0 radical (unpaired) electrons. The molecule has 5 heteroatoms. The molecule has 22 heavy (non-hydrogen) atoms. The fourth-order valence-electron chi connectivity index (χ4n) is 2.48. The first-order chi connectivity index (χ1) is 10.7. The van der Waals surface area contributed by atoms with Gasteiger partial charge in [0, 0.05) is 5.39 Å². The lowest BCUT2D eigenvalue weighted by Crippen LogP contribution is -1.99. The Morgan fingerprint density at radius 2 is 1.77 bits per heavy atom. The number of rotatable bonds is 4. The van der Waals surface area contributed by atoms with Crippen LogP contribution in [0.4, 0.5) is 5.69 Å². The first-order valence-electron chi connectivity index (χ1n) is 6.97. The predicted molar refractivity (Wildman–Crippen MR) is 90.2 cm³/mol. The Hall–Kier alpha value is -2.40. The minimum Gasteiger partial charge on any atom is -0.258 e. The zero-order valence-electron chi connectivity index (χ0n) is 12.0. The Kier molecular flexibility index (Phi) is 4.06. The molecule has 0 aliphatic rings. The molecule has 0 saturated carbocycles. The molecule has 0 amide bonds. The summed E-state index contributed by atoms with van der Waals surface area (Å²) in [4.78, 5) is 15.9.